The molecule has 6 nitrogen and oxygen atoms in total. The highest BCUT2D eigenvalue weighted by molar-refractivity contribution is 6.01. The summed E-state index contributed by atoms with van der Waals surface area (Å²) in [4.78, 5) is 25.6. The number of allylic oxidation sites excluding steroid dienone is 4. The summed E-state index contributed by atoms with van der Waals surface area (Å²) < 4.78 is 18.0. The number of nitrogens with one attached hydrogen (secondary N) is 1. The number of nitrogens with zero attached hydrogens (tertiary/aromatic N) is 1. The van der Waals surface area contributed by atoms with Crippen molar-refractivity contribution in [1.29, 1.82) is 0 Å². The van der Waals surface area contributed by atoms with Gasteiger partial charge in [0, 0.05) is 16.7 Å². The van der Waals surface area contributed by atoms with Crippen LogP contribution in [0.3, 0.4) is 0 Å². The molecule has 0 radical (unpaired) electrons. The average Bonchev–Trinajstić information content (AvgIpc) is 3.01. The molecule has 0 bridgehead atoms. The zero-order chi connectivity index (χ0) is 26.0. The van der Waals surface area contributed by atoms with Gasteiger partial charge >= 0.3 is 0 Å². The Morgan fingerprint density at radius 3 is 2.54 bits per heavy atom. The number of aliphatic hydroxyl groups excluding tert-OH is 1. The third kappa shape index (κ3) is 3.44. The maximum Gasteiger partial charge on any atom is 0.253 e. The van der Waals surface area contributed by atoms with E-state index in [0.29, 0.717) is 25.8 Å². The van der Waals surface area contributed by atoms with Crippen LogP contribution in [0.1, 0.15) is 60.3 Å². The van der Waals surface area contributed by atoms with E-state index in [9.17, 15) is 19.8 Å². The lowest BCUT2D eigenvalue weighted by molar-refractivity contribution is -0.904. The first kappa shape index (κ1) is 26.5. The van der Waals surface area contributed by atoms with Crippen LogP contribution >= 0.6 is 0 Å². The fourth-order valence-electron chi connectivity index (χ4n) is 8.14. The topological polar surface area (TPSA) is 86.6 Å². The monoisotopic (exact) mass is 491 g/mol. The summed E-state index contributed by atoms with van der Waals surface area (Å²) in [6.45, 7) is 12.9. The fraction of sp³-hybridized carbons (Fsp3) is 0.786. The van der Waals surface area contributed by atoms with E-state index in [1.54, 1.807) is 13.0 Å². The largest absolute Gasteiger partial charge is 0.390 e. The number of quaternary nitrogens is 1. The van der Waals surface area contributed by atoms with Crippen molar-refractivity contribution < 1.29 is 28.7 Å². The second-order valence-corrected chi connectivity index (χ2v) is 12.4. The molecule has 3 saturated carbocycles. The molecule has 4 aliphatic rings. The number of likely N-dealkylation sites (N-methyl/N-ethyl adjacent to an activating group) is 1. The molecule has 3 N–H and O–H groups in total. The van der Waals surface area contributed by atoms with Crippen molar-refractivity contribution >= 4 is 11.7 Å². The molecule has 0 aliphatic heterocycles. The van der Waals surface area contributed by atoms with Crippen LogP contribution in [0.4, 0.5) is 4.39 Å². The molecule has 8 atom stereocenters. The van der Waals surface area contributed by atoms with E-state index in [4.69, 9.17) is 0 Å². The number of alkyl halides is 1. The van der Waals surface area contributed by atoms with E-state index >= 15 is 4.39 Å². The Balaban J connectivity index is 1.64. The fourth-order valence-corrected chi connectivity index (χ4v) is 8.14. The number of amides is 1. The first-order valence-corrected chi connectivity index (χ1v) is 13.4. The molecule has 0 spiro atoms. The predicted molar refractivity (Wildman–Crippen MR) is 133 cm³/mol. The number of carbonyl (C=O) groups is 2. The van der Waals surface area contributed by atoms with Crippen LogP contribution in [0, 0.1) is 28.6 Å². The molecule has 0 aromatic heterocycles. The molecule has 0 unspecified atom stereocenters. The summed E-state index contributed by atoms with van der Waals surface area (Å²) >= 11 is 0. The van der Waals surface area contributed by atoms with Crippen LogP contribution in [0.5, 0.6) is 0 Å². The maximum absolute atomic E-state index is 17.2. The van der Waals surface area contributed by atoms with Crippen molar-refractivity contribution in [1.82, 2.24) is 5.32 Å². The van der Waals surface area contributed by atoms with Crippen molar-refractivity contribution in [2.45, 2.75) is 77.7 Å². The third-order valence-corrected chi connectivity index (χ3v) is 11.0. The molecule has 35 heavy (non-hydrogen) atoms. The molecule has 4 aliphatic carbocycles. The maximum atomic E-state index is 17.2. The van der Waals surface area contributed by atoms with E-state index in [1.807, 2.05) is 13.8 Å². The van der Waals surface area contributed by atoms with E-state index in [2.05, 4.69) is 26.2 Å². The quantitative estimate of drug-likeness (QED) is 0.499. The Kier molecular flexibility index (Phi) is 6.43. The van der Waals surface area contributed by atoms with E-state index in [-0.39, 0.29) is 24.0 Å². The van der Waals surface area contributed by atoms with Gasteiger partial charge in [-0.3, -0.25) is 9.59 Å². The second kappa shape index (κ2) is 8.49. The van der Waals surface area contributed by atoms with Crippen molar-refractivity contribution in [2.75, 3.05) is 33.2 Å². The van der Waals surface area contributed by atoms with Crippen LogP contribution in [0.25, 0.3) is 0 Å². The molecule has 1 amide bonds. The lowest BCUT2D eigenvalue weighted by Crippen LogP contribution is -2.70. The molecule has 0 aromatic rings. The van der Waals surface area contributed by atoms with Gasteiger partial charge in [-0.2, -0.15) is 0 Å². The van der Waals surface area contributed by atoms with Gasteiger partial charge in [0.1, 0.15) is 0 Å². The normalized spacial score (nSPS) is 44.8. The third-order valence-electron chi connectivity index (χ3n) is 11.0. The number of aliphatic hydroxyl groups is 2. The molecular formula is C28H44FN2O4+. The molecule has 4 rings (SSSR count). The van der Waals surface area contributed by atoms with E-state index in [0.717, 1.165) is 29.7 Å². The average molecular weight is 492 g/mol. The van der Waals surface area contributed by atoms with E-state index in [1.165, 1.54) is 12.2 Å². The minimum Gasteiger partial charge on any atom is -0.390 e. The zero-order valence-electron chi connectivity index (χ0n) is 22.2. The highest BCUT2D eigenvalue weighted by Crippen LogP contribution is 2.70. The summed E-state index contributed by atoms with van der Waals surface area (Å²) in [5.74, 6) is -1.67. The first-order valence-electron chi connectivity index (χ1n) is 13.4. The number of hydrogen-bond acceptors (Lipinski definition) is 4. The van der Waals surface area contributed by atoms with Crippen molar-refractivity contribution in [3.8, 4) is 0 Å². The van der Waals surface area contributed by atoms with Gasteiger partial charge in [0.05, 0.1) is 39.3 Å². The smallest absolute Gasteiger partial charge is 0.253 e. The molecular weight excluding hydrogens is 447 g/mol. The molecule has 0 saturated heterocycles. The molecule has 3 fully saturated rings. The highest BCUT2D eigenvalue weighted by Gasteiger charge is 2.75. The van der Waals surface area contributed by atoms with Crippen molar-refractivity contribution in [3.05, 3.63) is 23.8 Å². The van der Waals surface area contributed by atoms with Crippen LogP contribution in [0.2, 0.25) is 0 Å². The van der Waals surface area contributed by atoms with E-state index < -0.39 is 40.0 Å². The number of rotatable bonds is 6. The number of ketones is 1. The molecule has 0 heterocycles. The summed E-state index contributed by atoms with van der Waals surface area (Å²) in [5.41, 5.74) is -4.92. The lowest BCUT2D eigenvalue weighted by Gasteiger charge is -2.62. The Labute approximate surface area is 209 Å². The second-order valence-electron chi connectivity index (χ2n) is 12.4. The van der Waals surface area contributed by atoms with Crippen LogP contribution in [-0.2, 0) is 9.59 Å². The number of fused-ring (bicyclic) bond motifs is 5. The first-order chi connectivity index (χ1) is 16.2. The summed E-state index contributed by atoms with van der Waals surface area (Å²) in [6.07, 6.45) is 4.81. The van der Waals surface area contributed by atoms with Gasteiger partial charge in [-0.25, -0.2) is 4.39 Å². The molecule has 0 aromatic carbocycles. The SMILES string of the molecule is CC[N+](C)(CC)CCNC(=O)[C@@]1(O)[C@H](C)C[C@H]2[C@@H]3CCC4=CC(=O)C=C[C@]4(C)[C@@]3(F)[C@@H](O)C[C@@]21C. The van der Waals surface area contributed by atoms with Crippen molar-refractivity contribution in [2.24, 2.45) is 28.6 Å². The number of hydrogen-bond donors (Lipinski definition) is 3. The minimum absolute atomic E-state index is 0.00127. The summed E-state index contributed by atoms with van der Waals surface area (Å²) in [5, 5.41) is 26.4. The summed E-state index contributed by atoms with van der Waals surface area (Å²) in [6, 6.07) is 0. The van der Waals surface area contributed by atoms with Gasteiger partial charge in [0.15, 0.2) is 17.1 Å². The Morgan fingerprint density at radius 1 is 1.26 bits per heavy atom. The van der Waals surface area contributed by atoms with Gasteiger partial charge in [0.25, 0.3) is 5.91 Å². The van der Waals surface area contributed by atoms with Gasteiger partial charge in [0.2, 0.25) is 0 Å². The van der Waals surface area contributed by atoms with Gasteiger partial charge < -0.3 is 20.0 Å². The standard InChI is InChI=1S/C28H43FN2O4/c1-7-31(6,8-2)14-13-30-24(34)28(35)18(3)15-22-21-10-9-19-16-20(32)11-12-25(19,4)27(21,29)23(33)17-26(22,28)5/h11-12,16,18,21-23,33,35H,7-10,13-15,17H2,1-6H3/p+1/t18-,21+,22+,23+,25+,26+,27+,28+/m1/s1. The van der Waals surface area contributed by atoms with Crippen molar-refractivity contribution in [3.63, 3.8) is 0 Å². The number of carbonyl (C=O) groups excluding carboxylic acids is 2. The Morgan fingerprint density at radius 2 is 1.91 bits per heavy atom. The van der Waals surface area contributed by atoms with Crippen LogP contribution < -0.4 is 5.32 Å². The van der Waals surface area contributed by atoms with Gasteiger partial charge in [-0.05, 0) is 70.4 Å². The molecule has 196 valence electrons. The zero-order valence-corrected chi connectivity index (χ0v) is 22.2. The highest BCUT2D eigenvalue weighted by atomic mass is 19.1. The van der Waals surface area contributed by atoms with Crippen LogP contribution in [0.15, 0.2) is 23.8 Å². The lowest BCUT2D eigenvalue weighted by atomic mass is 9.44. The minimum atomic E-state index is -1.96. The Hall–Kier alpha value is -1.57. The number of halogens is 1. The van der Waals surface area contributed by atoms with Gasteiger partial charge in [-0.15, -0.1) is 0 Å². The summed E-state index contributed by atoms with van der Waals surface area (Å²) in [7, 11) is 2.15. The van der Waals surface area contributed by atoms with Gasteiger partial charge in [-0.1, -0.05) is 25.5 Å². The molecule has 7 heteroatoms. The predicted octanol–water partition coefficient (Wildman–Crippen LogP) is 2.94. The van der Waals surface area contributed by atoms with Crippen LogP contribution in [-0.4, -0.2) is 77.0 Å². The Bertz CT molecular complexity index is 961.